The molecule has 2 aliphatic rings. The maximum atomic E-state index is 3.83. The summed E-state index contributed by atoms with van der Waals surface area (Å²) in [6.07, 6.45) is 4.93. The van der Waals surface area contributed by atoms with E-state index in [4.69, 9.17) is 0 Å². The van der Waals surface area contributed by atoms with Crippen LogP contribution < -0.4 is 16.2 Å². The van der Waals surface area contributed by atoms with Crippen LogP contribution in [0.2, 0.25) is 0 Å². The highest BCUT2D eigenvalue weighted by Crippen LogP contribution is 2.50. The van der Waals surface area contributed by atoms with Crippen LogP contribution >= 0.6 is 0 Å². The number of hydrogen-bond acceptors (Lipinski definition) is 1. The van der Waals surface area contributed by atoms with Crippen LogP contribution in [0.5, 0.6) is 0 Å². The average Bonchev–Trinajstić information content (AvgIpc) is 3.64. The van der Waals surface area contributed by atoms with E-state index in [9.17, 15) is 0 Å². The minimum absolute atomic E-state index is 0.0519. The molecule has 2 heterocycles. The lowest BCUT2D eigenvalue weighted by atomic mass is 9.58. The van der Waals surface area contributed by atoms with E-state index in [1.54, 1.807) is 0 Å². The fourth-order valence-electron chi connectivity index (χ4n) is 9.54. The van der Waals surface area contributed by atoms with E-state index in [2.05, 4.69) is 165 Å². The SMILES string of the molecule is CCCCCc1ccc(Nc2ccccc2-c2cc(C)c3c4c5ccccc5ccc4n4c3c2Bc2cc3c(cc2-4)-c2ccccc2C3(C)C)cc1. The number of nitrogens with one attached hydrogen (secondary N) is 1. The summed E-state index contributed by atoms with van der Waals surface area (Å²) in [4.78, 5) is 0. The van der Waals surface area contributed by atoms with Crippen molar-refractivity contribution in [2.24, 2.45) is 0 Å². The maximum Gasteiger partial charge on any atom is 0.198 e. The molecular formula is C49H43BN2. The number of benzene rings is 7. The third kappa shape index (κ3) is 4.58. The Morgan fingerprint density at radius 1 is 0.673 bits per heavy atom. The van der Waals surface area contributed by atoms with Crippen molar-refractivity contribution in [2.75, 3.05) is 5.32 Å². The smallest absolute Gasteiger partial charge is 0.198 e. The molecule has 0 bridgehead atoms. The minimum Gasteiger partial charge on any atom is -0.355 e. The van der Waals surface area contributed by atoms with Crippen LogP contribution in [0.3, 0.4) is 0 Å². The van der Waals surface area contributed by atoms with E-state index in [0.29, 0.717) is 0 Å². The molecule has 2 nitrogen and oxygen atoms in total. The van der Waals surface area contributed by atoms with E-state index in [0.717, 1.165) is 25.1 Å². The lowest BCUT2D eigenvalue weighted by molar-refractivity contribution is 0.661. The monoisotopic (exact) mass is 670 g/mol. The van der Waals surface area contributed by atoms with Crippen molar-refractivity contribution in [3.05, 3.63) is 150 Å². The fraction of sp³-hybridized carbons (Fsp3) is 0.184. The van der Waals surface area contributed by atoms with Crippen LogP contribution in [0.4, 0.5) is 11.4 Å². The summed E-state index contributed by atoms with van der Waals surface area (Å²) in [5, 5.41) is 9.18. The summed E-state index contributed by atoms with van der Waals surface area (Å²) >= 11 is 0. The van der Waals surface area contributed by atoms with Gasteiger partial charge in [-0.25, -0.2) is 0 Å². The zero-order chi connectivity index (χ0) is 35.1. The summed E-state index contributed by atoms with van der Waals surface area (Å²) in [6.45, 7) is 9.37. The molecule has 0 unspecified atom stereocenters. The fourth-order valence-corrected chi connectivity index (χ4v) is 9.54. The number of anilines is 2. The largest absolute Gasteiger partial charge is 0.355 e. The Balaban J connectivity index is 1.21. The van der Waals surface area contributed by atoms with Gasteiger partial charge in [0.1, 0.15) is 0 Å². The molecule has 0 fully saturated rings. The van der Waals surface area contributed by atoms with Gasteiger partial charge in [0, 0.05) is 44.3 Å². The van der Waals surface area contributed by atoms with E-state index < -0.39 is 0 Å². The van der Waals surface area contributed by atoms with E-state index in [-0.39, 0.29) is 5.41 Å². The maximum absolute atomic E-state index is 3.83. The molecule has 7 aromatic carbocycles. The van der Waals surface area contributed by atoms with Gasteiger partial charge in [-0.15, -0.1) is 0 Å². The summed E-state index contributed by atoms with van der Waals surface area (Å²) in [5.41, 5.74) is 19.8. The number of fused-ring (bicyclic) bond motifs is 10. The highest BCUT2D eigenvalue weighted by molar-refractivity contribution is 6.73. The standard InChI is InChI=1S/C49H43BN2/c1-5-6-7-14-31-21-24-33(25-22-31)51-42-20-13-11-18-36(42)38-27-30(2)45-46-34-16-9-8-15-32(34)23-26-43(46)52-44-28-37-35-17-10-12-19-39(35)49(3,4)40(37)29-41(44)50-47(38)48(45)52/h8-13,15-29,50-51H,5-7,14H2,1-4H3. The number of hydrogen-bond donors (Lipinski definition) is 1. The minimum atomic E-state index is -0.0519. The molecule has 1 aliphatic carbocycles. The van der Waals surface area contributed by atoms with Crippen LogP contribution in [-0.4, -0.2) is 11.8 Å². The molecule has 252 valence electrons. The van der Waals surface area contributed by atoms with Crippen LogP contribution in [0.1, 0.15) is 62.3 Å². The molecule has 0 saturated carbocycles. The molecule has 0 atom stereocenters. The first kappa shape index (κ1) is 31.2. The number of rotatable bonds is 7. The van der Waals surface area contributed by atoms with E-state index in [1.807, 2.05) is 0 Å². The molecular weight excluding hydrogens is 627 g/mol. The summed E-state index contributed by atoms with van der Waals surface area (Å²) in [7, 11) is 0.885. The molecule has 3 heteroatoms. The zero-order valence-electron chi connectivity index (χ0n) is 30.6. The predicted molar refractivity (Wildman–Crippen MR) is 225 cm³/mol. The number of nitrogens with zero attached hydrogens (tertiary/aromatic N) is 1. The van der Waals surface area contributed by atoms with Gasteiger partial charge in [0.15, 0.2) is 7.28 Å². The average molecular weight is 671 g/mol. The van der Waals surface area contributed by atoms with Crippen molar-refractivity contribution in [1.82, 2.24) is 4.57 Å². The van der Waals surface area contributed by atoms with Crippen molar-refractivity contribution in [1.29, 1.82) is 0 Å². The second-order valence-corrected chi connectivity index (χ2v) is 15.7. The van der Waals surface area contributed by atoms with Gasteiger partial charge in [-0.3, -0.25) is 0 Å². The highest BCUT2D eigenvalue weighted by Gasteiger charge is 2.38. The molecule has 10 rings (SSSR count). The van der Waals surface area contributed by atoms with Gasteiger partial charge in [-0.1, -0.05) is 136 Å². The molecule has 8 aromatic rings. The second kappa shape index (κ2) is 11.8. The lowest BCUT2D eigenvalue weighted by Gasteiger charge is -2.27. The van der Waals surface area contributed by atoms with Gasteiger partial charge in [0.25, 0.3) is 0 Å². The number of unbranched alkanes of at least 4 members (excludes halogenated alkanes) is 2. The molecule has 0 radical (unpaired) electrons. The van der Waals surface area contributed by atoms with Crippen molar-refractivity contribution in [3.8, 4) is 27.9 Å². The van der Waals surface area contributed by atoms with E-state index >= 15 is 0 Å². The van der Waals surface area contributed by atoms with Crippen molar-refractivity contribution in [3.63, 3.8) is 0 Å². The van der Waals surface area contributed by atoms with Crippen LogP contribution in [-0.2, 0) is 11.8 Å². The molecule has 0 amide bonds. The van der Waals surface area contributed by atoms with Crippen molar-refractivity contribution >= 4 is 62.2 Å². The predicted octanol–water partition coefficient (Wildman–Crippen LogP) is 11.4. The molecule has 0 spiro atoms. The topological polar surface area (TPSA) is 17.0 Å². The first-order valence-electron chi connectivity index (χ1n) is 19.1. The Labute approximate surface area is 307 Å². The first-order valence-corrected chi connectivity index (χ1v) is 19.1. The summed E-state index contributed by atoms with van der Waals surface area (Å²) in [5.74, 6) is 0. The Hall–Kier alpha value is -5.54. The highest BCUT2D eigenvalue weighted by atomic mass is 15.0. The van der Waals surface area contributed by atoms with Gasteiger partial charge in [-0.05, 0) is 105 Å². The molecule has 0 saturated heterocycles. The molecule has 1 aromatic heterocycles. The molecule has 1 aliphatic heterocycles. The third-order valence-corrected chi connectivity index (χ3v) is 12.1. The van der Waals surface area contributed by atoms with Gasteiger partial charge < -0.3 is 9.88 Å². The normalized spacial score (nSPS) is 13.6. The molecule has 52 heavy (non-hydrogen) atoms. The van der Waals surface area contributed by atoms with Crippen LogP contribution in [0, 0.1) is 6.92 Å². The van der Waals surface area contributed by atoms with Gasteiger partial charge in [0.2, 0.25) is 0 Å². The lowest BCUT2D eigenvalue weighted by Crippen LogP contribution is -2.38. The summed E-state index contributed by atoms with van der Waals surface area (Å²) < 4.78 is 2.61. The first-order chi connectivity index (χ1) is 25.4. The second-order valence-electron chi connectivity index (χ2n) is 15.7. The van der Waals surface area contributed by atoms with Crippen molar-refractivity contribution in [2.45, 2.75) is 58.8 Å². The quantitative estimate of drug-likeness (QED) is 0.132. The van der Waals surface area contributed by atoms with Gasteiger partial charge in [-0.2, -0.15) is 0 Å². The number of para-hydroxylation sites is 1. The number of aryl methyl sites for hydroxylation is 2. The summed E-state index contributed by atoms with van der Waals surface area (Å²) in [6, 6.07) is 48.1. The van der Waals surface area contributed by atoms with Gasteiger partial charge in [0.05, 0.1) is 5.52 Å². The Morgan fingerprint density at radius 2 is 1.44 bits per heavy atom. The van der Waals surface area contributed by atoms with Crippen LogP contribution in [0.25, 0.3) is 60.5 Å². The Morgan fingerprint density at radius 3 is 2.29 bits per heavy atom. The Kier molecular flexibility index (Phi) is 7.05. The number of aromatic nitrogens is 1. The third-order valence-electron chi connectivity index (χ3n) is 12.1. The van der Waals surface area contributed by atoms with Crippen LogP contribution in [0.15, 0.2) is 127 Å². The Bertz CT molecular complexity index is 2730. The molecule has 1 N–H and O–H groups in total. The van der Waals surface area contributed by atoms with E-state index in [1.165, 1.54) is 113 Å². The zero-order valence-corrected chi connectivity index (χ0v) is 30.6. The van der Waals surface area contributed by atoms with Gasteiger partial charge >= 0.3 is 0 Å². The van der Waals surface area contributed by atoms with Crippen molar-refractivity contribution < 1.29 is 0 Å².